The van der Waals surface area contributed by atoms with Crippen LogP contribution in [0.3, 0.4) is 0 Å². The van der Waals surface area contributed by atoms with Crippen LogP contribution in [0.4, 0.5) is 5.69 Å². The Morgan fingerprint density at radius 1 is 0.939 bits per heavy atom. The summed E-state index contributed by atoms with van der Waals surface area (Å²) in [6.45, 7) is 5.51. The summed E-state index contributed by atoms with van der Waals surface area (Å²) in [5, 5.41) is 0.559. The molecule has 0 saturated carbocycles. The van der Waals surface area contributed by atoms with E-state index in [1.807, 2.05) is 24.0 Å². The average molecular weight is 484 g/mol. The van der Waals surface area contributed by atoms with Crippen LogP contribution in [0, 0.1) is 6.92 Å². The van der Waals surface area contributed by atoms with Gasteiger partial charge in [0.25, 0.3) is 15.9 Å². The van der Waals surface area contributed by atoms with E-state index >= 15 is 0 Å². The van der Waals surface area contributed by atoms with E-state index in [0.29, 0.717) is 29.4 Å². The van der Waals surface area contributed by atoms with Crippen LogP contribution < -0.4 is 4.72 Å². The highest BCUT2D eigenvalue weighted by atomic mass is 35.5. The number of sulfonamides is 1. The lowest BCUT2D eigenvalue weighted by atomic mass is 10.1. The molecular weight excluding hydrogens is 458 g/mol. The molecule has 3 aromatic rings. The average Bonchev–Trinajstić information content (AvgIpc) is 2.80. The van der Waals surface area contributed by atoms with Crippen LogP contribution in [0.15, 0.2) is 77.7 Å². The molecule has 0 unspecified atom stereocenters. The molecule has 0 bridgehead atoms. The highest BCUT2D eigenvalue weighted by Crippen LogP contribution is 2.19. The Hall–Kier alpha value is -2.87. The molecule has 0 atom stereocenters. The van der Waals surface area contributed by atoms with Gasteiger partial charge < -0.3 is 4.90 Å². The van der Waals surface area contributed by atoms with Gasteiger partial charge in [-0.2, -0.15) is 0 Å². The number of nitrogens with one attached hydrogen (secondary N) is 1. The molecule has 3 aromatic carbocycles. The summed E-state index contributed by atoms with van der Waals surface area (Å²) in [6.07, 6.45) is 0. The van der Waals surface area contributed by atoms with Crippen molar-refractivity contribution in [1.82, 2.24) is 9.80 Å². The summed E-state index contributed by atoms with van der Waals surface area (Å²) < 4.78 is 27.8. The fourth-order valence-corrected chi connectivity index (χ4v) is 5.03. The number of carbonyl (C=O) groups is 1. The van der Waals surface area contributed by atoms with Gasteiger partial charge in [-0.3, -0.25) is 14.4 Å². The zero-order valence-corrected chi connectivity index (χ0v) is 19.9. The van der Waals surface area contributed by atoms with Crippen molar-refractivity contribution in [2.75, 3.05) is 30.9 Å². The number of hydrogen-bond acceptors (Lipinski definition) is 4. The molecule has 0 spiro atoms. The van der Waals surface area contributed by atoms with Gasteiger partial charge in [0.05, 0.1) is 4.90 Å². The van der Waals surface area contributed by atoms with Crippen LogP contribution in [0.2, 0.25) is 5.02 Å². The highest BCUT2D eigenvalue weighted by molar-refractivity contribution is 7.92. The minimum absolute atomic E-state index is 0.00219. The molecule has 1 fully saturated rings. The largest absolute Gasteiger partial charge is 0.336 e. The highest BCUT2D eigenvalue weighted by Gasteiger charge is 2.22. The number of halogens is 1. The standard InChI is InChI=1S/C25H26ClN3O3S/c1-19-5-11-24(12-6-19)33(31,32)27-23-9-7-20(8-10-23)18-28-13-15-29(16-14-28)25(30)21-3-2-4-22(26)17-21/h2-12,17,27H,13-16,18H2,1H3. The zero-order valence-electron chi connectivity index (χ0n) is 18.4. The predicted octanol–water partition coefficient (Wildman–Crippen LogP) is 4.41. The molecule has 8 heteroatoms. The maximum absolute atomic E-state index is 12.7. The number of rotatable bonds is 6. The third-order valence-electron chi connectivity index (χ3n) is 5.67. The molecule has 33 heavy (non-hydrogen) atoms. The number of benzene rings is 3. The molecule has 1 N–H and O–H groups in total. The van der Waals surface area contributed by atoms with E-state index in [9.17, 15) is 13.2 Å². The van der Waals surface area contributed by atoms with E-state index in [-0.39, 0.29) is 10.8 Å². The number of piperazine rings is 1. The molecule has 1 heterocycles. The molecule has 0 aliphatic carbocycles. The van der Waals surface area contributed by atoms with Gasteiger partial charge in [0.15, 0.2) is 0 Å². The number of aryl methyl sites for hydroxylation is 1. The van der Waals surface area contributed by atoms with Gasteiger partial charge in [-0.05, 0) is 55.0 Å². The summed E-state index contributed by atoms with van der Waals surface area (Å²) in [7, 11) is -3.62. The molecule has 1 saturated heterocycles. The van der Waals surface area contributed by atoms with Crippen molar-refractivity contribution in [3.8, 4) is 0 Å². The van der Waals surface area contributed by atoms with Crippen LogP contribution in [-0.4, -0.2) is 50.3 Å². The molecular formula is C25H26ClN3O3S. The summed E-state index contributed by atoms with van der Waals surface area (Å²) in [4.78, 5) is 17.1. The molecule has 6 nitrogen and oxygen atoms in total. The van der Waals surface area contributed by atoms with Crippen LogP contribution in [0.25, 0.3) is 0 Å². The fraction of sp³-hybridized carbons (Fsp3) is 0.240. The summed E-state index contributed by atoms with van der Waals surface area (Å²) in [6, 6.07) is 21.2. The van der Waals surface area contributed by atoms with Gasteiger partial charge in [-0.1, -0.05) is 47.5 Å². The molecule has 4 rings (SSSR count). The van der Waals surface area contributed by atoms with Crippen LogP contribution >= 0.6 is 11.6 Å². The first-order chi connectivity index (χ1) is 15.8. The number of amides is 1. The van der Waals surface area contributed by atoms with Gasteiger partial charge in [0.2, 0.25) is 0 Å². The third kappa shape index (κ3) is 5.93. The number of hydrogen-bond donors (Lipinski definition) is 1. The Labute approximate surface area is 199 Å². The first kappa shape index (κ1) is 23.3. The first-order valence-corrected chi connectivity index (χ1v) is 12.6. The second kappa shape index (κ2) is 9.95. The lowest BCUT2D eigenvalue weighted by Gasteiger charge is -2.34. The molecule has 172 valence electrons. The Morgan fingerprint density at radius 2 is 1.61 bits per heavy atom. The lowest BCUT2D eigenvalue weighted by molar-refractivity contribution is 0.0628. The van der Waals surface area contributed by atoms with Gasteiger partial charge in [-0.15, -0.1) is 0 Å². The van der Waals surface area contributed by atoms with E-state index in [4.69, 9.17) is 11.6 Å². The normalized spacial score (nSPS) is 14.8. The van der Waals surface area contributed by atoms with Crippen molar-refractivity contribution in [3.05, 3.63) is 94.5 Å². The van der Waals surface area contributed by atoms with E-state index in [0.717, 1.165) is 30.8 Å². The molecule has 1 amide bonds. The third-order valence-corrected chi connectivity index (χ3v) is 7.31. The van der Waals surface area contributed by atoms with Crippen molar-refractivity contribution >= 4 is 33.2 Å². The van der Waals surface area contributed by atoms with E-state index in [1.165, 1.54) is 0 Å². The van der Waals surface area contributed by atoms with Crippen LogP contribution in [-0.2, 0) is 16.6 Å². The Kier molecular flexibility index (Phi) is 7.02. The minimum Gasteiger partial charge on any atom is -0.336 e. The molecule has 1 aliphatic rings. The SMILES string of the molecule is Cc1ccc(S(=O)(=O)Nc2ccc(CN3CCN(C(=O)c4cccc(Cl)c4)CC3)cc2)cc1. The topological polar surface area (TPSA) is 69.7 Å². The van der Waals surface area contributed by atoms with Crippen molar-refractivity contribution in [2.45, 2.75) is 18.4 Å². The van der Waals surface area contributed by atoms with Crippen LogP contribution in [0.5, 0.6) is 0 Å². The maximum Gasteiger partial charge on any atom is 0.261 e. The number of anilines is 1. The van der Waals surface area contributed by atoms with Crippen molar-refractivity contribution in [3.63, 3.8) is 0 Å². The van der Waals surface area contributed by atoms with E-state index in [2.05, 4.69) is 9.62 Å². The van der Waals surface area contributed by atoms with Crippen molar-refractivity contribution in [1.29, 1.82) is 0 Å². The summed E-state index contributed by atoms with van der Waals surface area (Å²) in [5.74, 6) is 0.00219. The summed E-state index contributed by atoms with van der Waals surface area (Å²) in [5.41, 5.74) is 3.23. The maximum atomic E-state index is 12.7. The lowest BCUT2D eigenvalue weighted by Crippen LogP contribution is -2.48. The van der Waals surface area contributed by atoms with Gasteiger partial charge >= 0.3 is 0 Å². The van der Waals surface area contributed by atoms with Crippen molar-refractivity contribution in [2.24, 2.45) is 0 Å². The van der Waals surface area contributed by atoms with Crippen LogP contribution in [0.1, 0.15) is 21.5 Å². The van der Waals surface area contributed by atoms with Crippen molar-refractivity contribution < 1.29 is 13.2 Å². The smallest absolute Gasteiger partial charge is 0.261 e. The first-order valence-electron chi connectivity index (χ1n) is 10.8. The Morgan fingerprint density at radius 3 is 2.24 bits per heavy atom. The Bertz CT molecular complexity index is 1220. The Balaban J connectivity index is 1.31. The number of nitrogens with zero attached hydrogens (tertiary/aromatic N) is 2. The molecule has 0 aromatic heterocycles. The zero-order chi connectivity index (χ0) is 23.4. The second-order valence-corrected chi connectivity index (χ2v) is 10.3. The van der Waals surface area contributed by atoms with E-state index in [1.54, 1.807) is 60.7 Å². The molecule has 0 radical (unpaired) electrons. The predicted molar refractivity (Wildman–Crippen MR) is 131 cm³/mol. The van der Waals surface area contributed by atoms with E-state index < -0.39 is 10.0 Å². The minimum atomic E-state index is -3.62. The number of carbonyl (C=O) groups excluding carboxylic acids is 1. The van der Waals surface area contributed by atoms with Gasteiger partial charge in [0, 0.05) is 49.0 Å². The summed E-state index contributed by atoms with van der Waals surface area (Å²) >= 11 is 6.01. The van der Waals surface area contributed by atoms with Gasteiger partial charge in [0.1, 0.15) is 0 Å². The fourth-order valence-electron chi connectivity index (χ4n) is 3.78. The van der Waals surface area contributed by atoms with Gasteiger partial charge in [-0.25, -0.2) is 8.42 Å². The molecule has 1 aliphatic heterocycles. The quantitative estimate of drug-likeness (QED) is 0.564. The second-order valence-electron chi connectivity index (χ2n) is 8.19. The monoisotopic (exact) mass is 483 g/mol.